The highest BCUT2D eigenvalue weighted by atomic mass is 32.2. The summed E-state index contributed by atoms with van der Waals surface area (Å²) in [6, 6.07) is 3.49. The number of esters is 1. The van der Waals surface area contributed by atoms with Crippen LogP contribution >= 0.6 is 23.1 Å². The van der Waals surface area contributed by atoms with Gasteiger partial charge in [-0.1, -0.05) is 0 Å². The first-order valence-corrected chi connectivity index (χ1v) is 7.09. The lowest BCUT2D eigenvalue weighted by Gasteiger charge is -2.02. The molecular formula is C11H11N3O2S2. The minimum Gasteiger partial charge on any atom is -0.465 e. The molecule has 7 heteroatoms. The van der Waals surface area contributed by atoms with Gasteiger partial charge in [0, 0.05) is 12.4 Å². The van der Waals surface area contributed by atoms with Crippen LogP contribution in [0, 0.1) is 0 Å². The molecule has 2 aromatic rings. The van der Waals surface area contributed by atoms with E-state index in [-0.39, 0.29) is 5.97 Å². The Labute approximate surface area is 113 Å². The first kappa shape index (κ1) is 12.8. The number of rotatable bonds is 4. The van der Waals surface area contributed by atoms with Crippen LogP contribution in [-0.4, -0.2) is 29.3 Å². The SMILES string of the molecule is COC(=O)c1cc(Nc2ncccn2)c(SC)s1. The molecule has 0 aliphatic carbocycles. The van der Waals surface area contributed by atoms with Gasteiger partial charge in [-0.3, -0.25) is 0 Å². The average Bonchev–Trinajstić information content (AvgIpc) is 2.82. The molecule has 0 amide bonds. The highest BCUT2D eigenvalue weighted by Gasteiger charge is 2.15. The van der Waals surface area contributed by atoms with E-state index in [1.807, 2.05) is 6.26 Å². The van der Waals surface area contributed by atoms with Crippen molar-refractivity contribution < 1.29 is 9.53 Å². The smallest absolute Gasteiger partial charge is 0.348 e. The van der Waals surface area contributed by atoms with Crippen LogP contribution in [-0.2, 0) is 4.74 Å². The summed E-state index contributed by atoms with van der Waals surface area (Å²) in [5.41, 5.74) is 0.819. The zero-order valence-corrected chi connectivity index (χ0v) is 11.5. The molecule has 2 rings (SSSR count). The number of anilines is 2. The summed E-state index contributed by atoms with van der Waals surface area (Å²) >= 11 is 2.94. The number of ether oxygens (including phenoxy) is 1. The number of thioether (sulfide) groups is 1. The van der Waals surface area contributed by atoms with Crippen molar-refractivity contribution in [3.8, 4) is 0 Å². The fraction of sp³-hybridized carbons (Fsp3) is 0.182. The number of carbonyl (C=O) groups excluding carboxylic acids is 1. The van der Waals surface area contributed by atoms with E-state index >= 15 is 0 Å². The Hall–Kier alpha value is -1.60. The molecule has 18 heavy (non-hydrogen) atoms. The van der Waals surface area contributed by atoms with Gasteiger partial charge in [0.15, 0.2) is 0 Å². The van der Waals surface area contributed by atoms with Crippen LogP contribution in [0.25, 0.3) is 0 Å². The molecule has 5 nitrogen and oxygen atoms in total. The van der Waals surface area contributed by atoms with Gasteiger partial charge in [-0.2, -0.15) is 0 Å². The number of hydrogen-bond acceptors (Lipinski definition) is 7. The highest BCUT2D eigenvalue weighted by Crippen LogP contribution is 2.36. The second kappa shape index (κ2) is 5.83. The predicted octanol–water partition coefficient (Wildman–Crippen LogP) is 2.79. The Morgan fingerprint density at radius 3 is 2.78 bits per heavy atom. The molecule has 0 aromatic carbocycles. The number of thiophene rings is 1. The number of hydrogen-bond donors (Lipinski definition) is 1. The summed E-state index contributed by atoms with van der Waals surface area (Å²) in [6.45, 7) is 0. The van der Waals surface area contributed by atoms with E-state index in [2.05, 4.69) is 15.3 Å². The molecular weight excluding hydrogens is 270 g/mol. The van der Waals surface area contributed by atoms with E-state index < -0.39 is 0 Å². The van der Waals surface area contributed by atoms with Gasteiger partial charge in [-0.25, -0.2) is 14.8 Å². The third-order valence-electron chi connectivity index (χ3n) is 2.08. The van der Waals surface area contributed by atoms with E-state index in [1.54, 1.807) is 36.3 Å². The van der Waals surface area contributed by atoms with Crippen molar-refractivity contribution in [3.63, 3.8) is 0 Å². The van der Waals surface area contributed by atoms with Crippen molar-refractivity contribution in [3.05, 3.63) is 29.4 Å². The first-order chi connectivity index (χ1) is 8.74. The van der Waals surface area contributed by atoms with Crippen LogP contribution in [0.3, 0.4) is 0 Å². The number of nitrogens with one attached hydrogen (secondary N) is 1. The van der Waals surface area contributed by atoms with Crippen molar-refractivity contribution in [2.75, 3.05) is 18.7 Å². The molecule has 0 saturated heterocycles. The molecule has 0 saturated carbocycles. The van der Waals surface area contributed by atoms with Crippen LogP contribution in [0.15, 0.2) is 28.7 Å². The summed E-state index contributed by atoms with van der Waals surface area (Å²) < 4.78 is 5.69. The maximum atomic E-state index is 11.5. The van der Waals surface area contributed by atoms with Crippen LogP contribution in [0.5, 0.6) is 0 Å². The van der Waals surface area contributed by atoms with E-state index in [4.69, 9.17) is 4.74 Å². The second-order valence-electron chi connectivity index (χ2n) is 3.20. The lowest BCUT2D eigenvalue weighted by atomic mass is 10.4. The van der Waals surface area contributed by atoms with Crippen molar-refractivity contribution >= 4 is 40.7 Å². The molecule has 2 heterocycles. The van der Waals surface area contributed by atoms with Gasteiger partial charge < -0.3 is 10.1 Å². The third kappa shape index (κ3) is 2.80. The lowest BCUT2D eigenvalue weighted by Crippen LogP contribution is -1.98. The second-order valence-corrected chi connectivity index (χ2v) is 5.33. The number of nitrogens with zero attached hydrogens (tertiary/aromatic N) is 2. The van der Waals surface area contributed by atoms with Crippen LogP contribution < -0.4 is 5.32 Å². The monoisotopic (exact) mass is 281 g/mol. The Morgan fingerprint density at radius 1 is 1.44 bits per heavy atom. The van der Waals surface area contributed by atoms with E-state index in [1.165, 1.54) is 18.4 Å². The molecule has 0 aliphatic heterocycles. The number of aromatic nitrogens is 2. The molecule has 0 bridgehead atoms. The molecule has 0 aliphatic rings. The summed E-state index contributed by atoms with van der Waals surface area (Å²) in [4.78, 5) is 20.2. The predicted molar refractivity (Wildman–Crippen MR) is 72.8 cm³/mol. The third-order valence-corrected chi connectivity index (χ3v) is 4.33. The molecule has 94 valence electrons. The quantitative estimate of drug-likeness (QED) is 0.686. The summed E-state index contributed by atoms with van der Waals surface area (Å²) in [5, 5.41) is 3.08. The standard InChI is InChI=1S/C11H11N3O2S2/c1-16-9(15)8-6-7(10(17-2)18-8)14-11-12-4-3-5-13-11/h3-6H,1-2H3,(H,12,13,14). The van der Waals surface area contributed by atoms with Crippen molar-refractivity contribution in [1.29, 1.82) is 0 Å². The maximum absolute atomic E-state index is 11.5. The topological polar surface area (TPSA) is 64.1 Å². The molecule has 0 fully saturated rings. The number of methoxy groups -OCH3 is 1. The number of carbonyl (C=O) groups is 1. The maximum Gasteiger partial charge on any atom is 0.348 e. The van der Waals surface area contributed by atoms with Gasteiger partial charge in [0.05, 0.1) is 17.0 Å². The van der Waals surface area contributed by atoms with Crippen LogP contribution in [0.4, 0.5) is 11.6 Å². The van der Waals surface area contributed by atoms with Gasteiger partial charge in [0.25, 0.3) is 0 Å². The molecule has 0 unspecified atom stereocenters. The minimum absolute atomic E-state index is 0.336. The minimum atomic E-state index is -0.336. The summed E-state index contributed by atoms with van der Waals surface area (Å²) in [6.07, 6.45) is 5.26. The lowest BCUT2D eigenvalue weighted by molar-refractivity contribution is 0.0606. The molecule has 1 N–H and O–H groups in total. The van der Waals surface area contributed by atoms with Gasteiger partial charge in [0.1, 0.15) is 4.88 Å². The van der Waals surface area contributed by atoms with Gasteiger partial charge in [-0.05, 0) is 18.4 Å². The van der Waals surface area contributed by atoms with E-state index in [9.17, 15) is 4.79 Å². The van der Waals surface area contributed by atoms with E-state index in [0.717, 1.165) is 9.90 Å². The van der Waals surface area contributed by atoms with Crippen molar-refractivity contribution in [2.45, 2.75) is 4.21 Å². The van der Waals surface area contributed by atoms with Crippen molar-refractivity contribution in [1.82, 2.24) is 9.97 Å². The summed E-state index contributed by atoms with van der Waals surface area (Å²) in [7, 11) is 1.37. The Balaban J connectivity index is 2.27. The molecule has 2 aromatic heterocycles. The fourth-order valence-corrected chi connectivity index (χ4v) is 2.99. The van der Waals surface area contributed by atoms with Crippen LogP contribution in [0.2, 0.25) is 0 Å². The average molecular weight is 281 g/mol. The zero-order valence-electron chi connectivity index (χ0n) is 9.84. The fourth-order valence-electron chi connectivity index (χ4n) is 1.30. The Bertz CT molecular complexity index is 542. The first-order valence-electron chi connectivity index (χ1n) is 5.04. The molecule has 0 spiro atoms. The normalized spacial score (nSPS) is 10.1. The zero-order chi connectivity index (χ0) is 13.0. The van der Waals surface area contributed by atoms with Gasteiger partial charge >= 0.3 is 5.97 Å². The van der Waals surface area contributed by atoms with Gasteiger partial charge in [-0.15, -0.1) is 23.1 Å². The molecule has 0 radical (unpaired) electrons. The molecule has 0 atom stereocenters. The largest absolute Gasteiger partial charge is 0.465 e. The Morgan fingerprint density at radius 2 is 2.17 bits per heavy atom. The van der Waals surface area contributed by atoms with Gasteiger partial charge in [0.2, 0.25) is 5.95 Å². The Kier molecular flexibility index (Phi) is 4.16. The highest BCUT2D eigenvalue weighted by molar-refractivity contribution is 8.00. The van der Waals surface area contributed by atoms with E-state index in [0.29, 0.717) is 10.8 Å². The van der Waals surface area contributed by atoms with Crippen LogP contribution in [0.1, 0.15) is 9.67 Å². The summed E-state index contributed by atoms with van der Waals surface area (Å²) in [5.74, 6) is 0.166. The van der Waals surface area contributed by atoms with Crippen molar-refractivity contribution in [2.24, 2.45) is 0 Å².